The zero-order chi connectivity index (χ0) is 15.2. The van der Waals surface area contributed by atoms with Gasteiger partial charge in [-0.05, 0) is 30.9 Å². The number of aromatic nitrogens is 1. The standard InChI is InChI=1S/C18H23N3O/c22-18(12-14-6-2-1-3-7-14)21-19-13-16-11-10-15-8-4-5-9-17(15)20-16/h4-5,8-11,14,19H,1-3,6-7,12-13H2,(H,21,22). The van der Waals surface area contributed by atoms with Gasteiger partial charge in [0, 0.05) is 11.8 Å². The summed E-state index contributed by atoms with van der Waals surface area (Å²) in [6, 6.07) is 12.1. The van der Waals surface area contributed by atoms with Crippen LogP contribution in [0.3, 0.4) is 0 Å². The summed E-state index contributed by atoms with van der Waals surface area (Å²) in [5.41, 5.74) is 7.70. The van der Waals surface area contributed by atoms with Crippen molar-refractivity contribution in [2.45, 2.75) is 45.1 Å². The Balaban J connectivity index is 1.46. The van der Waals surface area contributed by atoms with E-state index in [4.69, 9.17) is 0 Å². The number of hydrogen-bond acceptors (Lipinski definition) is 3. The van der Waals surface area contributed by atoms with E-state index in [9.17, 15) is 4.79 Å². The van der Waals surface area contributed by atoms with Crippen molar-refractivity contribution in [3.63, 3.8) is 0 Å². The maximum Gasteiger partial charge on any atom is 0.234 e. The Hall–Kier alpha value is -1.94. The van der Waals surface area contributed by atoms with Gasteiger partial charge in [-0.3, -0.25) is 15.2 Å². The molecule has 1 fully saturated rings. The molecule has 1 aromatic carbocycles. The minimum Gasteiger partial charge on any atom is -0.291 e. The lowest BCUT2D eigenvalue weighted by Crippen LogP contribution is -2.38. The fourth-order valence-corrected chi connectivity index (χ4v) is 3.14. The number of carbonyl (C=O) groups excluding carboxylic acids is 1. The maximum atomic E-state index is 11.9. The van der Waals surface area contributed by atoms with Crippen LogP contribution in [0.5, 0.6) is 0 Å². The number of nitrogens with zero attached hydrogens (tertiary/aromatic N) is 1. The Morgan fingerprint density at radius 1 is 1.09 bits per heavy atom. The Bertz CT molecular complexity index is 635. The van der Waals surface area contributed by atoms with Crippen molar-refractivity contribution in [1.29, 1.82) is 0 Å². The van der Waals surface area contributed by atoms with Gasteiger partial charge in [0.15, 0.2) is 0 Å². The number of carbonyl (C=O) groups is 1. The molecular formula is C18H23N3O. The third-order valence-electron chi connectivity index (χ3n) is 4.35. The SMILES string of the molecule is O=C(CC1CCCCC1)NNCc1ccc2ccccc2n1. The average Bonchev–Trinajstić information content (AvgIpc) is 2.55. The van der Waals surface area contributed by atoms with Gasteiger partial charge in [0.1, 0.15) is 0 Å². The first-order valence-corrected chi connectivity index (χ1v) is 8.17. The van der Waals surface area contributed by atoms with Gasteiger partial charge in [-0.1, -0.05) is 43.5 Å². The van der Waals surface area contributed by atoms with Crippen molar-refractivity contribution in [3.05, 3.63) is 42.1 Å². The van der Waals surface area contributed by atoms with Crippen LogP contribution < -0.4 is 10.9 Å². The lowest BCUT2D eigenvalue weighted by Gasteiger charge is -2.20. The third-order valence-corrected chi connectivity index (χ3v) is 4.35. The van der Waals surface area contributed by atoms with E-state index in [0.717, 1.165) is 16.6 Å². The van der Waals surface area contributed by atoms with E-state index in [1.165, 1.54) is 32.1 Å². The van der Waals surface area contributed by atoms with Crippen molar-refractivity contribution in [1.82, 2.24) is 15.8 Å². The number of nitrogens with one attached hydrogen (secondary N) is 2. The highest BCUT2D eigenvalue weighted by Gasteiger charge is 2.16. The molecule has 4 nitrogen and oxygen atoms in total. The molecule has 0 aliphatic heterocycles. The average molecular weight is 297 g/mol. The summed E-state index contributed by atoms with van der Waals surface area (Å²) in [6.07, 6.45) is 6.89. The molecule has 0 bridgehead atoms. The summed E-state index contributed by atoms with van der Waals surface area (Å²) in [6.45, 7) is 0.543. The van der Waals surface area contributed by atoms with E-state index < -0.39 is 0 Å². The van der Waals surface area contributed by atoms with Gasteiger partial charge in [0.2, 0.25) is 5.91 Å². The molecule has 116 valence electrons. The van der Waals surface area contributed by atoms with Gasteiger partial charge >= 0.3 is 0 Å². The summed E-state index contributed by atoms with van der Waals surface area (Å²) >= 11 is 0. The highest BCUT2D eigenvalue weighted by Crippen LogP contribution is 2.25. The molecule has 2 N–H and O–H groups in total. The monoisotopic (exact) mass is 297 g/mol. The molecule has 1 heterocycles. The molecule has 0 spiro atoms. The predicted octanol–water partition coefficient (Wildman–Crippen LogP) is 3.33. The number of para-hydroxylation sites is 1. The third kappa shape index (κ3) is 4.04. The first-order chi connectivity index (χ1) is 10.8. The van der Waals surface area contributed by atoms with Crippen LogP contribution in [-0.2, 0) is 11.3 Å². The number of pyridine rings is 1. The Morgan fingerprint density at radius 3 is 2.77 bits per heavy atom. The molecule has 1 amide bonds. The van der Waals surface area contributed by atoms with Crippen molar-refractivity contribution in [2.75, 3.05) is 0 Å². The predicted molar refractivity (Wildman–Crippen MR) is 87.9 cm³/mol. The molecule has 22 heavy (non-hydrogen) atoms. The van der Waals surface area contributed by atoms with E-state index in [2.05, 4.69) is 21.9 Å². The molecule has 0 radical (unpaired) electrons. The molecule has 3 rings (SSSR count). The second-order valence-electron chi connectivity index (χ2n) is 6.11. The van der Waals surface area contributed by atoms with E-state index >= 15 is 0 Å². The normalized spacial score (nSPS) is 15.8. The molecule has 1 aromatic heterocycles. The molecule has 1 aliphatic carbocycles. The van der Waals surface area contributed by atoms with Gasteiger partial charge < -0.3 is 0 Å². The summed E-state index contributed by atoms with van der Waals surface area (Å²) in [5.74, 6) is 0.655. The first kappa shape index (κ1) is 15.0. The highest BCUT2D eigenvalue weighted by atomic mass is 16.2. The van der Waals surface area contributed by atoms with Gasteiger partial charge in [-0.25, -0.2) is 5.43 Å². The minimum atomic E-state index is 0.0905. The van der Waals surface area contributed by atoms with Crippen LogP contribution in [0.15, 0.2) is 36.4 Å². The van der Waals surface area contributed by atoms with Crippen LogP contribution in [-0.4, -0.2) is 10.9 Å². The molecule has 0 atom stereocenters. The molecule has 0 saturated heterocycles. The quantitative estimate of drug-likeness (QED) is 0.832. The van der Waals surface area contributed by atoms with Crippen LogP contribution in [0, 0.1) is 5.92 Å². The Labute approximate surface area is 131 Å². The summed E-state index contributed by atoms with van der Waals surface area (Å²) in [4.78, 5) is 16.5. The van der Waals surface area contributed by atoms with Crippen LogP contribution >= 0.6 is 0 Å². The van der Waals surface area contributed by atoms with Crippen LogP contribution in [0.4, 0.5) is 0 Å². The molecule has 4 heteroatoms. The van der Waals surface area contributed by atoms with E-state index in [0.29, 0.717) is 18.9 Å². The van der Waals surface area contributed by atoms with E-state index in [1.807, 2.05) is 30.3 Å². The van der Waals surface area contributed by atoms with E-state index in [1.54, 1.807) is 0 Å². The number of amides is 1. The molecule has 1 aliphatic rings. The van der Waals surface area contributed by atoms with Crippen molar-refractivity contribution in [2.24, 2.45) is 5.92 Å². The van der Waals surface area contributed by atoms with Crippen molar-refractivity contribution >= 4 is 16.8 Å². The molecule has 1 saturated carbocycles. The number of benzene rings is 1. The number of hydrazine groups is 1. The number of fused-ring (bicyclic) bond motifs is 1. The maximum absolute atomic E-state index is 11.9. The lowest BCUT2D eigenvalue weighted by molar-refractivity contribution is -0.123. The van der Waals surface area contributed by atoms with Gasteiger partial charge in [-0.15, -0.1) is 0 Å². The fraction of sp³-hybridized carbons (Fsp3) is 0.444. The van der Waals surface area contributed by atoms with Crippen molar-refractivity contribution in [3.8, 4) is 0 Å². The second-order valence-corrected chi connectivity index (χ2v) is 6.11. The zero-order valence-electron chi connectivity index (χ0n) is 12.8. The van der Waals surface area contributed by atoms with E-state index in [-0.39, 0.29) is 5.91 Å². The van der Waals surface area contributed by atoms with Gasteiger partial charge in [-0.2, -0.15) is 0 Å². The minimum absolute atomic E-state index is 0.0905. The largest absolute Gasteiger partial charge is 0.291 e. The first-order valence-electron chi connectivity index (χ1n) is 8.17. The van der Waals surface area contributed by atoms with Crippen LogP contribution in [0.1, 0.15) is 44.2 Å². The number of hydrogen-bond donors (Lipinski definition) is 2. The van der Waals surface area contributed by atoms with Crippen molar-refractivity contribution < 1.29 is 4.79 Å². The zero-order valence-corrected chi connectivity index (χ0v) is 12.8. The molecular weight excluding hydrogens is 274 g/mol. The fourth-order valence-electron chi connectivity index (χ4n) is 3.14. The smallest absolute Gasteiger partial charge is 0.234 e. The van der Waals surface area contributed by atoms with Gasteiger partial charge in [0.05, 0.1) is 17.8 Å². The molecule has 0 unspecified atom stereocenters. The second kappa shape index (κ2) is 7.36. The Kier molecular flexibility index (Phi) is 5.01. The van der Waals surface area contributed by atoms with Crippen LogP contribution in [0.2, 0.25) is 0 Å². The topological polar surface area (TPSA) is 54.0 Å². The van der Waals surface area contributed by atoms with Gasteiger partial charge in [0.25, 0.3) is 0 Å². The van der Waals surface area contributed by atoms with Crippen LogP contribution in [0.25, 0.3) is 10.9 Å². The summed E-state index contributed by atoms with van der Waals surface area (Å²) in [7, 11) is 0. The Morgan fingerprint density at radius 2 is 1.91 bits per heavy atom. The molecule has 2 aromatic rings. The summed E-state index contributed by atoms with van der Waals surface area (Å²) < 4.78 is 0. The number of rotatable bonds is 5. The lowest BCUT2D eigenvalue weighted by atomic mass is 9.87. The summed E-state index contributed by atoms with van der Waals surface area (Å²) in [5, 5.41) is 1.13. The highest BCUT2D eigenvalue weighted by molar-refractivity contribution is 5.78.